The van der Waals surface area contributed by atoms with Crippen LogP contribution >= 0.6 is 11.8 Å². The van der Waals surface area contributed by atoms with Crippen molar-refractivity contribution in [2.75, 3.05) is 52.0 Å². The summed E-state index contributed by atoms with van der Waals surface area (Å²) in [5, 5.41) is 6.64. The Balaban J connectivity index is 1.89. The van der Waals surface area contributed by atoms with Crippen LogP contribution in [0.25, 0.3) is 0 Å². The van der Waals surface area contributed by atoms with Crippen molar-refractivity contribution in [1.29, 1.82) is 0 Å². The first-order valence-corrected chi connectivity index (χ1v) is 9.39. The van der Waals surface area contributed by atoms with E-state index in [4.69, 9.17) is 9.47 Å². The summed E-state index contributed by atoms with van der Waals surface area (Å²) in [6, 6.07) is 0. The van der Waals surface area contributed by atoms with Gasteiger partial charge >= 0.3 is 0 Å². The van der Waals surface area contributed by atoms with Crippen molar-refractivity contribution in [2.45, 2.75) is 38.2 Å². The van der Waals surface area contributed by atoms with Gasteiger partial charge in [0.1, 0.15) is 0 Å². The number of rotatable bonds is 11. The summed E-state index contributed by atoms with van der Waals surface area (Å²) < 4.78 is 11.1. The van der Waals surface area contributed by atoms with E-state index in [0.717, 1.165) is 51.7 Å². The maximum absolute atomic E-state index is 5.63. The number of ether oxygens (including phenoxy) is 2. The summed E-state index contributed by atoms with van der Waals surface area (Å²) in [5.74, 6) is 2.12. The van der Waals surface area contributed by atoms with Crippen molar-refractivity contribution in [2.24, 2.45) is 4.99 Å². The Hall–Kier alpha value is -0.460. The van der Waals surface area contributed by atoms with Crippen molar-refractivity contribution >= 4 is 17.7 Å². The lowest BCUT2D eigenvalue weighted by atomic mass is 10.2. The molecule has 21 heavy (non-hydrogen) atoms. The Kier molecular flexibility index (Phi) is 11.7. The van der Waals surface area contributed by atoms with Gasteiger partial charge < -0.3 is 20.1 Å². The molecule has 1 atom stereocenters. The fourth-order valence-electron chi connectivity index (χ4n) is 2.17. The van der Waals surface area contributed by atoms with E-state index < -0.39 is 0 Å². The van der Waals surface area contributed by atoms with Gasteiger partial charge in [-0.15, -0.1) is 0 Å². The fourth-order valence-corrected chi connectivity index (χ4v) is 2.66. The number of nitrogens with one attached hydrogen (secondary N) is 2. The molecule has 0 spiro atoms. The van der Waals surface area contributed by atoms with E-state index in [2.05, 4.69) is 21.9 Å². The minimum absolute atomic E-state index is 0.327. The van der Waals surface area contributed by atoms with E-state index in [1.165, 1.54) is 25.0 Å². The van der Waals surface area contributed by atoms with Crippen LogP contribution in [0.1, 0.15) is 32.1 Å². The first kappa shape index (κ1) is 18.6. The lowest BCUT2D eigenvalue weighted by Gasteiger charge is -2.13. The summed E-state index contributed by atoms with van der Waals surface area (Å²) in [6.07, 6.45) is 8.22. The van der Waals surface area contributed by atoms with Crippen LogP contribution in [0.2, 0.25) is 0 Å². The van der Waals surface area contributed by atoms with Crippen LogP contribution in [0.3, 0.4) is 0 Å². The number of thioether (sulfide) groups is 1. The molecule has 5 nitrogen and oxygen atoms in total. The summed E-state index contributed by atoms with van der Waals surface area (Å²) in [7, 11) is 1.81. The molecule has 0 bridgehead atoms. The molecule has 0 aromatic carbocycles. The van der Waals surface area contributed by atoms with Crippen LogP contribution in [0.4, 0.5) is 0 Å². The molecule has 1 rings (SSSR count). The zero-order valence-corrected chi connectivity index (χ0v) is 14.3. The van der Waals surface area contributed by atoms with Crippen molar-refractivity contribution in [3.63, 3.8) is 0 Å². The van der Waals surface area contributed by atoms with Crippen LogP contribution in [-0.2, 0) is 9.47 Å². The number of nitrogens with zero attached hydrogens (tertiary/aromatic N) is 1. The van der Waals surface area contributed by atoms with Gasteiger partial charge in [0, 0.05) is 33.4 Å². The maximum Gasteiger partial charge on any atom is 0.190 e. The number of hydrogen-bond acceptors (Lipinski definition) is 4. The lowest BCUT2D eigenvalue weighted by Crippen LogP contribution is -2.38. The Morgan fingerprint density at radius 2 is 2.10 bits per heavy atom. The Bertz CT molecular complexity index is 272. The largest absolute Gasteiger partial charge is 0.379 e. The third kappa shape index (κ3) is 9.98. The van der Waals surface area contributed by atoms with Gasteiger partial charge in [0.05, 0.1) is 12.7 Å². The summed E-state index contributed by atoms with van der Waals surface area (Å²) in [5.41, 5.74) is 0. The molecule has 124 valence electrons. The number of guanidine groups is 1. The standard InChI is InChI=1S/C15H31N3O2S/c1-16-15(17-8-3-4-12-21-2)18-9-6-10-19-13-14-7-5-11-20-14/h14H,3-13H2,1-2H3,(H2,16,17,18). The van der Waals surface area contributed by atoms with E-state index in [9.17, 15) is 0 Å². The van der Waals surface area contributed by atoms with Gasteiger partial charge in [-0.3, -0.25) is 4.99 Å². The molecule has 1 saturated heterocycles. The Morgan fingerprint density at radius 1 is 1.29 bits per heavy atom. The van der Waals surface area contributed by atoms with Gasteiger partial charge in [0.15, 0.2) is 5.96 Å². The lowest BCUT2D eigenvalue weighted by molar-refractivity contribution is 0.0168. The van der Waals surface area contributed by atoms with E-state index in [0.29, 0.717) is 6.10 Å². The molecule has 1 fully saturated rings. The zero-order valence-electron chi connectivity index (χ0n) is 13.5. The van der Waals surface area contributed by atoms with Crippen molar-refractivity contribution in [3.05, 3.63) is 0 Å². The van der Waals surface area contributed by atoms with Gasteiger partial charge in [0.25, 0.3) is 0 Å². The van der Waals surface area contributed by atoms with Crippen molar-refractivity contribution < 1.29 is 9.47 Å². The highest BCUT2D eigenvalue weighted by Gasteiger charge is 2.14. The highest BCUT2D eigenvalue weighted by atomic mass is 32.2. The van der Waals surface area contributed by atoms with Gasteiger partial charge in [-0.25, -0.2) is 0 Å². The van der Waals surface area contributed by atoms with Crippen LogP contribution in [0.15, 0.2) is 4.99 Å². The summed E-state index contributed by atoms with van der Waals surface area (Å²) >= 11 is 1.90. The molecule has 6 heteroatoms. The first-order valence-electron chi connectivity index (χ1n) is 7.99. The third-order valence-electron chi connectivity index (χ3n) is 3.38. The zero-order chi connectivity index (χ0) is 15.2. The average molecular weight is 317 g/mol. The number of unbranched alkanes of at least 4 members (excludes halogenated alkanes) is 1. The fraction of sp³-hybridized carbons (Fsp3) is 0.933. The molecule has 0 aliphatic carbocycles. The van der Waals surface area contributed by atoms with Crippen LogP contribution in [0, 0.1) is 0 Å². The highest BCUT2D eigenvalue weighted by molar-refractivity contribution is 7.98. The van der Waals surface area contributed by atoms with Crippen LogP contribution < -0.4 is 10.6 Å². The quantitative estimate of drug-likeness (QED) is 0.346. The minimum Gasteiger partial charge on any atom is -0.379 e. The number of aliphatic imine (C=N–C) groups is 1. The molecule has 1 heterocycles. The summed E-state index contributed by atoms with van der Waals surface area (Å²) in [4.78, 5) is 4.22. The number of hydrogen-bond donors (Lipinski definition) is 2. The molecule has 0 radical (unpaired) electrons. The second kappa shape index (κ2) is 13.2. The molecule has 0 aromatic heterocycles. The molecule has 2 N–H and O–H groups in total. The second-order valence-corrected chi connectivity index (χ2v) is 6.17. The van der Waals surface area contributed by atoms with Crippen LogP contribution in [-0.4, -0.2) is 64.0 Å². The predicted molar refractivity (Wildman–Crippen MR) is 91.4 cm³/mol. The van der Waals surface area contributed by atoms with Gasteiger partial charge in [0.2, 0.25) is 0 Å². The predicted octanol–water partition coefficient (Wildman–Crippen LogP) is 1.88. The van der Waals surface area contributed by atoms with E-state index >= 15 is 0 Å². The van der Waals surface area contributed by atoms with Crippen LogP contribution in [0.5, 0.6) is 0 Å². The van der Waals surface area contributed by atoms with Crippen molar-refractivity contribution in [3.8, 4) is 0 Å². The minimum atomic E-state index is 0.327. The van der Waals surface area contributed by atoms with Gasteiger partial charge in [-0.05, 0) is 44.1 Å². The molecular formula is C15H31N3O2S. The molecule has 1 unspecified atom stereocenters. The van der Waals surface area contributed by atoms with E-state index in [-0.39, 0.29) is 0 Å². The molecule has 0 saturated carbocycles. The first-order chi connectivity index (χ1) is 10.4. The van der Waals surface area contributed by atoms with Gasteiger partial charge in [-0.2, -0.15) is 11.8 Å². The average Bonchev–Trinajstić information content (AvgIpc) is 3.01. The maximum atomic E-state index is 5.63. The highest BCUT2D eigenvalue weighted by Crippen LogP contribution is 2.11. The summed E-state index contributed by atoms with van der Waals surface area (Å²) in [6.45, 7) is 4.28. The second-order valence-electron chi connectivity index (χ2n) is 5.19. The monoisotopic (exact) mass is 317 g/mol. The molecule has 0 amide bonds. The molecule has 0 aromatic rings. The molecular weight excluding hydrogens is 286 g/mol. The van der Waals surface area contributed by atoms with Gasteiger partial charge in [-0.1, -0.05) is 0 Å². The molecule has 1 aliphatic heterocycles. The van der Waals surface area contributed by atoms with E-state index in [1.54, 1.807) is 0 Å². The van der Waals surface area contributed by atoms with E-state index in [1.807, 2.05) is 18.8 Å². The smallest absolute Gasteiger partial charge is 0.190 e. The SMILES string of the molecule is CN=C(NCCCCSC)NCCCOCC1CCCO1. The Morgan fingerprint density at radius 3 is 2.76 bits per heavy atom. The van der Waals surface area contributed by atoms with Crippen molar-refractivity contribution in [1.82, 2.24) is 10.6 Å². The normalized spacial score (nSPS) is 19.0. The third-order valence-corrected chi connectivity index (χ3v) is 4.07. The molecule has 1 aliphatic rings. The topological polar surface area (TPSA) is 54.9 Å². The Labute approximate surface area is 133 Å².